The minimum atomic E-state index is 0.0929. The molecule has 0 spiro atoms. The highest BCUT2D eigenvalue weighted by molar-refractivity contribution is 5.74. The zero-order valence-electron chi connectivity index (χ0n) is 10.1. The summed E-state index contributed by atoms with van der Waals surface area (Å²) in [6.07, 6.45) is 9.98. The van der Waals surface area contributed by atoms with Crippen LogP contribution in [0.15, 0.2) is 18.7 Å². The van der Waals surface area contributed by atoms with E-state index in [0.717, 1.165) is 45.4 Å². The average Bonchev–Trinajstić information content (AvgIpc) is 2.88. The van der Waals surface area contributed by atoms with Gasteiger partial charge in [-0.15, -0.1) is 0 Å². The van der Waals surface area contributed by atoms with Crippen molar-refractivity contribution in [1.29, 1.82) is 0 Å². The van der Waals surface area contributed by atoms with Gasteiger partial charge in [-0.05, 0) is 25.7 Å². The molecule has 0 saturated carbocycles. The molecule has 0 atom stereocenters. The fourth-order valence-electron chi connectivity index (χ4n) is 2.08. The SMILES string of the molecule is O=C(NCCCn1ccnc1)N1CCCCC1. The van der Waals surface area contributed by atoms with Crippen LogP contribution in [-0.2, 0) is 6.54 Å². The Morgan fingerprint density at radius 3 is 2.82 bits per heavy atom. The molecular formula is C12H20N4O. The molecule has 1 N–H and O–H groups in total. The van der Waals surface area contributed by atoms with Crippen molar-refractivity contribution >= 4 is 6.03 Å². The summed E-state index contributed by atoms with van der Waals surface area (Å²) in [5.74, 6) is 0. The lowest BCUT2D eigenvalue weighted by atomic mass is 10.1. The number of rotatable bonds is 4. The largest absolute Gasteiger partial charge is 0.338 e. The summed E-state index contributed by atoms with van der Waals surface area (Å²) in [4.78, 5) is 17.6. The Bertz CT molecular complexity index is 330. The van der Waals surface area contributed by atoms with E-state index in [1.54, 1.807) is 12.5 Å². The third kappa shape index (κ3) is 3.76. The molecule has 5 heteroatoms. The summed E-state index contributed by atoms with van der Waals surface area (Å²) >= 11 is 0. The maximum absolute atomic E-state index is 11.8. The quantitative estimate of drug-likeness (QED) is 0.805. The molecule has 0 bridgehead atoms. The summed E-state index contributed by atoms with van der Waals surface area (Å²) in [5.41, 5.74) is 0. The van der Waals surface area contributed by atoms with Crippen molar-refractivity contribution in [2.24, 2.45) is 0 Å². The van der Waals surface area contributed by atoms with Crippen LogP contribution < -0.4 is 5.32 Å². The molecule has 0 radical (unpaired) electrons. The van der Waals surface area contributed by atoms with Gasteiger partial charge in [0.1, 0.15) is 0 Å². The van der Waals surface area contributed by atoms with Gasteiger partial charge >= 0.3 is 6.03 Å². The molecular weight excluding hydrogens is 216 g/mol. The second-order valence-corrected chi connectivity index (χ2v) is 4.43. The first-order valence-electron chi connectivity index (χ1n) is 6.35. The standard InChI is InChI=1S/C12H20N4O/c17-12(16-8-2-1-3-9-16)14-5-4-7-15-10-6-13-11-15/h6,10-11H,1-5,7-9H2,(H,14,17). The molecule has 0 unspecified atom stereocenters. The monoisotopic (exact) mass is 236 g/mol. The summed E-state index contributed by atoms with van der Waals surface area (Å²) in [6.45, 7) is 3.45. The predicted molar refractivity (Wildman–Crippen MR) is 65.7 cm³/mol. The van der Waals surface area contributed by atoms with Gasteiger partial charge in [-0.2, -0.15) is 0 Å². The first-order valence-corrected chi connectivity index (χ1v) is 6.35. The number of carbonyl (C=O) groups excluding carboxylic acids is 1. The van der Waals surface area contributed by atoms with Crippen LogP contribution in [0, 0.1) is 0 Å². The third-order valence-corrected chi connectivity index (χ3v) is 3.07. The first-order chi connectivity index (χ1) is 8.36. The van der Waals surface area contributed by atoms with Crippen LogP contribution in [0.4, 0.5) is 4.79 Å². The Kier molecular flexibility index (Phi) is 4.41. The number of nitrogens with one attached hydrogen (secondary N) is 1. The van der Waals surface area contributed by atoms with Crippen molar-refractivity contribution < 1.29 is 4.79 Å². The zero-order valence-corrected chi connectivity index (χ0v) is 10.1. The van der Waals surface area contributed by atoms with E-state index in [1.165, 1.54) is 6.42 Å². The topological polar surface area (TPSA) is 50.2 Å². The Hall–Kier alpha value is -1.52. The van der Waals surface area contributed by atoms with Gasteiger partial charge in [0.2, 0.25) is 0 Å². The number of hydrogen-bond acceptors (Lipinski definition) is 2. The van der Waals surface area contributed by atoms with Gasteiger partial charge in [0.25, 0.3) is 0 Å². The fourth-order valence-corrected chi connectivity index (χ4v) is 2.08. The maximum Gasteiger partial charge on any atom is 0.317 e. The summed E-state index contributed by atoms with van der Waals surface area (Å²) in [5, 5.41) is 2.97. The molecule has 17 heavy (non-hydrogen) atoms. The minimum absolute atomic E-state index is 0.0929. The molecule has 1 aromatic heterocycles. The van der Waals surface area contributed by atoms with Gasteiger partial charge in [-0.1, -0.05) is 0 Å². The Balaban J connectivity index is 1.59. The molecule has 94 valence electrons. The number of aromatic nitrogens is 2. The minimum Gasteiger partial charge on any atom is -0.338 e. The Morgan fingerprint density at radius 1 is 1.29 bits per heavy atom. The summed E-state index contributed by atoms with van der Waals surface area (Å²) in [7, 11) is 0. The van der Waals surface area contributed by atoms with Crippen LogP contribution in [0.25, 0.3) is 0 Å². The molecule has 2 amide bonds. The lowest BCUT2D eigenvalue weighted by Crippen LogP contribution is -2.43. The average molecular weight is 236 g/mol. The van der Waals surface area contributed by atoms with Gasteiger partial charge in [0, 0.05) is 38.6 Å². The molecule has 5 nitrogen and oxygen atoms in total. The molecule has 1 aromatic rings. The van der Waals surface area contributed by atoms with Crippen molar-refractivity contribution in [3.8, 4) is 0 Å². The van der Waals surface area contributed by atoms with Gasteiger partial charge in [-0.3, -0.25) is 0 Å². The van der Waals surface area contributed by atoms with Crippen molar-refractivity contribution in [2.75, 3.05) is 19.6 Å². The van der Waals surface area contributed by atoms with E-state index >= 15 is 0 Å². The molecule has 1 saturated heterocycles. The second kappa shape index (κ2) is 6.27. The van der Waals surface area contributed by atoms with Gasteiger partial charge in [0.15, 0.2) is 0 Å². The molecule has 1 aliphatic heterocycles. The van der Waals surface area contributed by atoms with Crippen LogP contribution in [0.2, 0.25) is 0 Å². The van der Waals surface area contributed by atoms with E-state index in [0.29, 0.717) is 0 Å². The van der Waals surface area contributed by atoms with Crippen molar-refractivity contribution in [1.82, 2.24) is 19.8 Å². The molecule has 2 rings (SSSR count). The van der Waals surface area contributed by atoms with E-state index < -0.39 is 0 Å². The Morgan fingerprint density at radius 2 is 2.12 bits per heavy atom. The zero-order chi connectivity index (χ0) is 11.9. The lowest BCUT2D eigenvalue weighted by molar-refractivity contribution is 0.186. The number of urea groups is 1. The third-order valence-electron chi connectivity index (χ3n) is 3.07. The van der Waals surface area contributed by atoms with E-state index in [4.69, 9.17) is 0 Å². The highest BCUT2D eigenvalue weighted by atomic mass is 16.2. The molecule has 1 fully saturated rings. The number of hydrogen-bond donors (Lipinski definition) is 1. The number of aryl methyl sites for hydroxylation is 1. The van der Waals surface area contributed by atoms with Crippen LogP contribution >= 0.6 is 0 Å². The van der Waals surface area contributed by atoms with Crippen LogP contribution in [0.5, 0.6) is 0 Å². The van der Waals surface area contributed by atoms with Crippen LogP contribution in [0.3, 0.4) is 0 Å². The number of carbonyl (C=O) groups is 1. The first kappa shape index (κ1) is 12.0. The van der Waals surface area contributed by atoms with E-state index in [-0.39, 0.29) is 6.03 Å². The summed E-state index contributed by atoms with van der Waals surface area (Å²) < 4.78 is 2.02. The number of nitrogens with zero attached hydrogens (tertiary/aromatic N) is 3. The van der Waals surface area contributed by atoms with Gasteiger partial charge in [-0.25, -0.2) is 9.78 Å². The number of likely N-dealkylation sites (tertiary alicyclic amines) is 1. The van der Waals surface area contributed by atoms with Gasteiger partial charge in [0.05, 0.1) is 6.33 Å². The van der Waals surface area contributed by atoms with E-state index in [9.17, 15) is 4.79 Å². The van der Waals surface area contributed by atoms with E-state index in [1.807, 2.05) is 15.7 Å². The second-order valence-electron chi connectivity index (χ2n) is 4.43. The van der Waals surface area contributed by atoms with E-state index in [2.05, 4.69) is 10.3 Å². The molecule has 0 aromatic carbocycles. The number of piperidine rings is 1. The van der Waals surface area contributed by atoms with Crippen LogP contribution in [0.1, 0.15) is 25.7 Å². The fraction of sp³-hybridized carbons (Fsp3) is 0.667. The van der Waals surface area contributed by atoms with Crippen molar-refractivity contribution in [2.45, 2.75) is 32.2 Å². The van der Waals surface area contributed by atoms with Crippen LogP contribution in [-0.4, -0.2) is 40.1 Å². The smallest absolute Gasteiger partial charge is 0.317 e. The van der Waals surface area contributed by atoms with Crippen molar-refractivity contribution in [3.05, 3.63) is 18.7 Å². The summed E-state index contributed by atoms with van der Waals surface area (Å²) in [6, 6.07) is 0.0929. The Labute approximate surface area is 102 Å². The van der Waals surface area contributed by atoms with Gasteiger partial charge < -0.3 is 14.8 Å². The normalized spacial score (nSPS) is 15.9. The molecule has 0 aliphatic carbocycles. The molecule has 1 aliphatic rings. The number of imidazole rings is 1. The maximum atomic E-state index is 11.8. The predicted octanol–water partition coefficient (Wildman–Crippen LogP) is 1.47. The lowest BCUT2D eigenvalue weighted by Gasteiger charge is -2.26. The number of amides is 2. The molecule has 2 heterocycles. The van der Waals surface area contributed by atoms with Crippen molar-refractivity contribution in [3.63, 3.8) is 0 Å². The highest BCUT2D eigenvalue weighted by Crippen LogP contribution is 2.08. The highest BCUT2D eigenvalue weighted by Gasteiger charge is 2.15.